The summed E-state index contributed by atoms with van der Waals surface area (Å²) in [4.78, 5) is 14.5. The van der Waals surface area contributed by atoms with Crippen LogP contribution < -0.4 is 11.5 Å². The summed E-state index contributed by atoms with van der Waals surface area (Å²) >= 11 is 0. The van der Waals surface area contributed by atoms with Gasteiger partial charge in [0.25, 0.3) is 0 Å². The molecule has 0 amide bonds. The van der Waals surface area contributed by atoms with Gasteiger partial charge in [-0.25, -0.2) is 0 Å². The van der Waals surface area contributed by atoms with Crippen LogP contribution in [0.25, 0.3) is 0 Å². The molecule has 5 nitrogen and oxygen atoms in total. The van der Waals surface area contributed by atoms with E-state index in [0.717, 1.165) is 12.1 Å². The van der Waals surface area contributed by atoms with Gasteiger partial charge in [-0.1, -0.05) is 0 Å². The molecule has 76 valence electrons. The Balaban J connectivity index is 3.77. The second-order valence-corrected chi connectivity index (χ2v) is 2.91. The quantitative estimate of drug-likeness (QED) is 0.389. The van der Waals surface area contributed by atoms with Gasteiger partial charge in [0, 0.05) is 18.7 Å². The summed E-state index contributed by atoms with van der Waals surface area (Å²) in [5.41, 5.74) is 11.4. The summed E-state index contributed by atoms with van der Waals surface area (Å²) in [5.74, 6) is -0.992. The molecule has 0 aliphatic heterocycles. The van der Waals surface area contributed by atoms with Crippen LogP contribution in [0.5, 0.6) is 0 Å². The average molecular weight is 187 g/mol. The predicted molar refractivity (Wildman–Crippen MR) is 51.9 cm³/mol. The second-order valence-electron chi connectivity index (χ2n) is 2.91. The molecular weight excluding hydrogens is 170 g/mol. The normalized spacial score (nSPS) is 14.2. The fourth-order valence-corrected chi connectivity index (χ4v) is 0.831. The molecule has 0 aromatic heterocycles. The van der Waals surface area contributed by atoms with Gasteiger partial charge < -0.3 is 16.6 Å². The highest BCUT2D eigenvalue weighted by atomic mass is 16.4. The van der Waals surface area contributed by atoms with Crippen molar-refractivity contribution in [2.45, 2.75) is 25.8 Å². The van der Waals surface area contributed by atoms with Gasteiger partial charge in [0.15, 0.2) is 0 Å². The Labute approximate surface area is 77.8 Å². The number of aliphatic carboxylic acids is 1. The van der Waals surface area contributed by atoms with Crippen LogP contribution in [0.1, 0.15) is 19.8 Å². The molecule has 5 N–H and O–H groups in total. The molecule has 0 saturated heterocycles. The van der Waals surface area contributed by atoms with Gasteiger partial charge in [-0.05, 0) is 19.9 Å². The van der Waals surface area contributed by atoms with Gasteiger partial charge in [0.1, 0.15) is 6.04 Å². The SMILES string of the molecule is CC(CC(N)C(=O)O)=NCCCN. The van der Waals surface area contributed by atoms with Crippen molar-refractivity contribution in [3.63, 3.8) is 0 Å². The summed E-state index contributed by atoms with van der Waals surface area (Å²) in [6.45, 7) is 3.02. The van der Waals surface area contributed by atoms with Crippen LogP contribution in [0, 0.1) is 0 Å². The fourth-order valence-electron chi connectivity index (χ4n) is 0.831. The van der Waals surface area contributed by atoms with Crippen molar-refractivity contribution in [3.8, 4) is 0 Å². The van der Waals surface area contributed by atoms with E-state index in [-0.39, 0.29) is 0 Å². The number of hydrogen-bond acceptors (Lipinski definition) is 4. The minimum absolute atomic E-state index is 0.305. The number of aliphatic imine (C=N–C) groups is 1. The molecule has 5 heteroatoms. The van der Waals surface area contributed by atoms with Gasteiger partial charge in [-0.3, -0.25) is 9.79 Å². The number of rotatable bonds is 6. The van der Waals surface area contributed by atoms with Crippen LogP contribution in [-0.4, -0.2) is 35.9 Å². The molecule has 0 spiro atoms. The molecule has 0 radical (unpaired) electrons. The maximum atomic E-state index is 10.4. The Morgan fingerprint density at radius 3 is 2.69 bits per heavy atom. The average Bonchev–Trinajstić information content (AvgIpc) is 2.04. The standard InChI is InChI=1S/C8H17N3O2/c1-6(11-4-2-3-9)5-7(10)8(12)13/h7H,2-5,9-10H2,1H3,(H,12,13). The van der Waals surface area contributed by atoms with E-state index in [1.165, 1.54) is 0 Å². The summed E-state index contributed by atoms with van der Waals surface area (Å²) in [7, 11) is 0. The van der Waals surface area contributed by atoms with Crippen LogP contribution in [0.3, 0.4) is 0 Å². The van der Waals surface area contributed by atoms with Crippen molar-refractivity contribution in [2.75, 3.05) is 13.1 Å². The Morgan fingerprint density at radius 1 is 1.62 bits per heavy atom. The van der Waals surface area contributed by atoms with Gasteiger partial charge in [-0.15, -0.1) is 0 Å². The monoisotopic (exact) mass is 187 g/mol. The van der Waals surface area contributed by atoms with Gasteiger partial charge in [0.2, 0.25) is 0 Å². The number of hydrogen-bond donors (Lipinski definition) is 3. The molecule has 0 aromatic carbocycles. The third kappa shape index (κ3) is 6.24. The maximum absolute atomic E-state index is 10.4. The van der Waals surface area contributed by atoms with E-state index < -0.39 is 12.0 Å². The van der Waals surface area contributed by atoms with E-state index in [9.17, 15) is 4.79 Å². The molecule has 1 unspecified atom stereocenters. The minimum Gasteiger partial charge on any atom is -0.480 e. The number of carboxylic acid groups (broad SMARTS) is 1. The Bertz CT molecular complexity index is 192. The highest BCUT2D eigenvalue weighted by Gasteiger charge is 2.11. The summed E-state index contributed by atoms with van der Waals surface area (Å²) in [6, 6.07) is -0.846. The predicted octanol–water partition coefficient (Wildman–Crippen LogP) is -0.402. The molecule has 0 heterocycles. The summed E-state index contributed by atoms with van der Waals surface area (Å²) in [6.07, 6.45) is 1.12. The summed E-state index contributed by atoms with van der Waals surface area (Å²) < 4.78 is 0. The zero-order chi connectivity index (χ0) is 10.3. The third-order valence-corrected chi connectivity index (χ3v) is 1.58. The first-order chi connectivity index (χ1) is 6.07. The Hall–Kier alpha value is -0.940. The zero-order valence-corrected chi connectivity index (χ0v) is 7.86. The van der Waals surface area contributed by atoms with E-state index in [4.69, 9.17) is 16.6 Å². The summed E-state index contributed by atoms with van der Waals surface area (Å²) in [5, 5.41) is 8.50. The highest BCUT2D eigenvalue weighted by molar-refractivity contribution is 5.87. The molecular formula is C8H17N3O2. The van der Waals surface area contributed by atoms with E-state index in [1.54, 1.807) is 6.92 Å². The van der Waals surface area contributed by atoms with Crippen molar-refractivity contribution < 1.29 is 9.90 Å². The lowest BCUT2D eigenvalue weighted by Gasteiger charge is -2.05. The lowest BCUT2D eigenvalue weighted by molar-refractivity contribution is -0.138. The lowest BCUT2D eigenvalue weighted by Crippen LogP contribution is -2.32. The number of nitrogens with two attached hydrogens (primary N) is 2. The molecule has 0 aliphatic carbocycles. The third-order valence-electron chi connectivity index (χ3n) is 1.58. The highest BCUT2D eigenvalue weighted by Crippen LogP contribution is 1.93. The first kappa shape index (κ1) is 12.1. The van der Waals surface area contributed by atoms with E-state index in [2.05, 4.69) is 4.99 Å². The van der Waals surface area contributed by atoms with Crippen molar-refractivity contribution in [1.82, 2.24) is 0 Å². The van der Waals surface area contributed by atoms with E-state index in [0.29, 0.717) is 19.5 Å². The van der Waals surface area contributed by atoms with Gasteiger partial charge >= 0.3 is 5.97 Å². The van der Waals surface area contributed by atoms with Crippen molar-refractivity contribution >= 4 is 11.7 Å². The number of carbonyl (C=O) groups is 1. The van der Waals surface area contributed by atoms with Crippen LogP contribution in [0.2, 0.25) is 0 Å². The van der Waals surface area contributed by atoms with Crippen molar-refractivity contribution in [1.29, 1.82) is 0 Å². The molecule has 0 bridgehead atoms. The minimum atomic E-state index is -0.992. The van der Waals surface area contributed by atoms with Crippen molar-refractivity contribution in [2.24, 2.45) is 16.5 Å². The topological polar surface area (TPSA) is 102 Å². The largest absolute Gasteiger partial charge is 0.480 e. The van der Waals surface area contributed by atoms with E-state index in [1.807, 2.05) is 0 Å². The van der Waals surface area contributed by atoms with E-state index >= 15 is 0 Å². The van der Waals surface area contributed by atoms with Gasteiger partial charge in [-0.2, -0.15) is 0 Å². The lowest BCUT2D eigenvalue weighted by atomic mass is 10.1. The fraction of sp³-hybridized carbons (Fsp3) is 0.750. The maximum Gasteiger partial charge on any atom is 0.320 e. The molecule has 0 fully saturated rings. The molecule has 1 atom stereocenters. The molecule has 0 aromatic rings. The Kier molecular flexibility index (Phi) is 6.09. The zero-order valence-electron chi connectivity index (χ0n) is 7.86. The van der Waals surface area contributed by atoms with Crippen LogP contribution in [0.4, 0.5) is 0 Å². The Morgan fingerprint density at radius 2 is 2.23 bits per heavy atom. The first-order valence-electron chi connectivity index (χ1n) is 4.26. The smallest absolute Gasteiger partial charge is 0.320 e. The molecule has 0 aliphatic rings. The second kappa shape index (κ2) is 6.56. The van der Waals surface area contributed by atoms with Crippen LogP contribution in [-0.2, 0) is 4.79 Å². The first-order valence-corrected chi connectivity index (χ1v) is 4.26. The number of nitrogens with zero attached hydrogens (tertiary/aromatic N) is 1. The number of carboxylic acids is 1. The molecule has 13 heavy (non-hydrogen) atoms. The molecule has 0 rings (SSSR count). The van der Waals surface area contributed by atoms with Crippen molar-refractivity contribution in [3.05, 3.63) is 0 Å². The van der Waals surface area contributed by atoms with Crippen LogP contribution in [0.15, 0.2) is 4.99 Å². The van der Waals surface area contributed by atoms with Gasteiger partial charge in [0.05, 0.1) is 0 Å². The molecule has 0 saturated carbocycles. The van der Waals surface area contributed by atoms with Crippen LogP contribution >= 0.6 is 0 Å².